The fourth-order valence-corrected chi connectivity index (χ4v) is 12.6. The van der Waals surface area contributed by atoms with Crippen molar-refractivity contribution >= 4 is 60.6 Å². The second-order valence-electron chi connectivity index (χ2n) is 10.7. The van der Waals surface area contributed by atoms with E-state index in [1.165, 1.54) is 74.9 Å². The molecule has 0 aromatic heterocycles. The van der Waals surface area contributed by atoms with Crippen LogP contribution >= 0.6 is 7.67 Å². The lowest BCUT2D eigenvalue weighted by Crippen LogP contribution is -2.38. The normalized spacial score (nSPS) is 14.4. The van der Waals surface area contributed by atoms with Gasteiger partial charge >= 0.3 is 7.67 Å². The van der Waals surface area contributed by atoms with Crippen LogP contribution in [0.1, 0.15) is 0 Å². The standard InChI is InChI=1S/C34H27N2O8PS2/c1-43-25-13-17-27(18-14-25)46(39,40)35-31-21-11-23-7-3-5-9-29(23)33(31)34-30-10-6-4-8-24(30)12-22-32(34)36(45(35,37)38)47(41,42)28-19-15-26(44-2)16-20-28/h3-22H,1-2H3,(H,37,38). The highest BCUT2D eigenvalue weighted by atomic mass is 32.2. The zero-order valence-electron chi connectivity index (χ0n) is 25.0. The van der Waals surface area contributed by atoms with Gasteiger partial charge in [-0.2, -0.15) is 8.15 Å². The van der Waals surface area contributed by atoms with Gasteiger partial charge in [-0.3, -0.25) is 0 Å². The predicted octanol–water partition coefficient (Wildman–Crippen LogP) is 7.18. The van der Waals surface area contributed by atoms with Crippen LogP contribution in [0.15, 0.2) is 131 Å². The van der Waals surface area contributed by atoms with Crippen LogP contribution in [0.4, 0.5) is 11.4 Å². The zero-order valence-corrected chi connectivity index (χ0v) is 27.5. The lowest BCUT2D eigenvalue weighted by atomic mass is 9.91. The van der Waals surface area contributed by atoms with Gasteiger partial charge in [0, 0.05) is 11.1 Å². The number of hydrogen-bond donors (Lipinski definition) is 1. The molecule has 10 nitrogen and oxygen atoms in total. The van der Waals surface area contributed by atoms with Gasteiger partial charge in [-0.25, -0.2) is 21.4 Å². The smallest absolute Gasteiger partial charge is 0.422 e. The molecule has 0 spiro atoms. The highest BCUT2D eigenvalue weighted by Gasteiger charge is 2.53. The number of fused-ring (bicyclic) bond motifs is 7. The van der Waals surface area contributed by atoms with E-state index in [0.717, 1.165) is 0 Å². The van der Waals surface area contributed by atoms with E-state index in [4.69, 9.17) is 9.47 Å². The van der Waals surface area contributed by atoms with Crippen molar-refractivity contribution in [1.29, 1.82) is 0 Å². The summed E-state index contributed by atoms with van der Waals surface area (Å²) in [6.07, 6.45) is 0. The number of ether oxygens (including phenoxy) is 2. The molecule has 13 heteroatoms. The van der Waals surface area contributed by atoms with E-state index in [9.17, 15) is 21.7 Å². The molecule has 0 saturated heterocycles. The molecule has 47 heavy (non-hydrogen) atoms. The molecule has 0 bridgehead atoms. The van der Waals surface area contributed by atoms with Gasteiger partial charge in [0.2, 0.25) is 0 Å². The summed E-state index contributed by atoms with van der Waals surface area (Å²) in [6, 6.07) is 31.1. The minimum Gasteiger partial charge on any atom is -0.497 e. The molecular weight excluding hydrogens is 659 g/mol. The monoisotopic (exact) mass is 686 g/mol. The Morgan fingerprint density at radius 3 is 1.26 bits per heavy atom. The SMILES string of the molecule is COc1ccc(S(=O)(=O)N2c3ccc4ccccc4c3-c3c(ccc4ccccc34)N(S(=O)(=O)c3ccc(OC)cc3)P2(=O)O)cc1. The molecule has 7 rings (SSSR count). The molecule has 6 aromatic carbocycles. The Labute approximate surface area is 271 Å². The van der Waals surface area contributed by atoms with Crippen LogP contribution in [-0.2, 0) is 24.6 Å². The highest BCUT2D eigenvalue weighted by molar-refractivity contribution is 8.06. The third-order valence-electron chi connectivity index (χ3n) is 8.12. The van der Waals surface area contributed by atoms with Crippen molar-refractivity contribution in [3.05, 3.63) is 121 Å². The maximum Gasteiger partial charge on any atom is 0.422 e. The van der Waals surface area contributed by atoms with Crippen molar-refractivity contribution < 1.29 is 35.8 Å². The quantitative estimate of drug-likeness (QED) is 0.182. The molecule has 0 fully saturated rings. The predicted molar refractivity (Wildman–Crippen MR) is 182 cm³/mol. The van der Waals surface area contributed by atoms with Gasteiger partial charge in [-0.05, 0) is 82.2 Å². The van der Waals surface area contributed by atoms with Crippen LogP contribution in [0.5, 0.6) is 11.5 Å². The summed E-state index contributed by atoms with van der Waals surface area (Å²) < 4.78 is 85.0. The molecule has 0 atom stereocenters. The van der Waals surface area contributed by atoms with Crippen molar-refractivity contribution in [2.24, 2.45) is 0 Å². The third-order valence-corrected chi connectivity index (χ3v) is 15.1. The summed E-state index contributed by atoms with van der Waals surface area (Å²) in [6.45, 7) is 0. The topological polar surface area (TPSA) is 131 Å². The zero-order chi connectivity index (χ0) is 33.1. The number of sulfonamides is 2. The Balaban J connectivity index is 1.66. The molecule has 0 aliphatic carbocycles. The molecule has 0 radical (unpaired) electrons. The average molecular weight is 687 g/mol. The lowest BCUT2D eigenvalue weighted by molar-refractivity contribution is 0.414. The van der Waals surface area contributed by atoms with E-state index in [0.29, 0.717) is 41.2 Å². The Hall–Kier alpha value is -4.87. The summed E-state index contributed by atoms with van der Waals surface area (Å²) >= 11 is 0. The second-order valence-corrected chi connectivity index (χ2v) is 16.7. The van der Waals surface area contributed by atoms with Gasteiger partial charge in [-0.1, -0.05) is 60.7 Å². The highest BCUT2D eigenvalue weighted by Crippen LogP contribution is 2.65. The fraction of sp³-hybridized carbons (Fsp3) is 0.0588. The van der Waals surface area contributed by atoms with Crippen molar-refractivity contribution in [3.63, 3.8) is 0 Å². The Morgan fingerprint density at radius 1 is 0.532 bits per heavy atom. The molecule has 1 aliphatic rings. The Morgan fingerprint density at radius 2 is 0.894 bits per heavy atom. The molecule has 1 N–H and O–H groups in total. The largest absolute Gasteiger partial charge is 0.497 e. The minimum absolute atomic E-state index is 0.157. The lowest BCUT2D eigenvalue weighted by Gasteiger charge is -2.34. The first kappa shape index (κ1) is 30.8. The van der Waals surface area contributed by atoms with Gasteiger partial charge < -0.3 is 14.4 Å². The van der Waals surface area contributed by atoms with Crippen LogP contribution in [0.25, 0.3) is 32.7 Å². The third kappa shape index (κ3) is 4.75. The fourth-order valence-electron chi connectivity index (χ4n) is 5.95. The number of hydrogen-bond acceptors (Lipinski definition) is 7. The van der Waals surface area contributed by atoms with Crippen LogP contribution in [0.3, 0.4) is 0 Å². The van der Waals surface area contributed by atoms with Crippen LogP contribution in [0.2, 0.25) is 0 Å². The van der Waals surface area contributed by atoms with Crippen molar-refractivity contribution in [2.75, 3.05) is 22.4 Å². The molecule has 1 aliphatic heterocycles. The first-order valence-corrected chi connectivity index (χ1v) is 18.7. The van der Waals surface area contributed by atoms with E-state index in [1.54, 1.807) is 36.4 Å². The van der Waals surface area contributed by atoms with Gasteiger partial charge in [-0.15, -0.1) is 0 Å². The van der Waals surface area contributed by atoms with Crippen LogP contribution in [0, 0.1) is 0 Å². The van der Waals surface area contributed by atoms with Crippen molar-refractivity contribution in [1.82, 2.24) is 0 Å². The Bertz CT molecular complexity index is 2300. The molecule has 1 heterocycles. The first-order valence-electron chi connectivity index (χ1n) is 14.3. The number of rotatable bonds is 6. The number of methoxy groups -OCH3 is 2. The molecule has 238 valence electrons. The summed E-state index contributed by atoms with van der Waals surface area (Å²) in [7, 11) is -12.6. The number of benzene rings is 6. The van der Waals surface area contributed by atoms with Gasteiger partial charge in [0.05, 0.1) is 35.4 Å². The van der Waals surface area contributed by atoms with E-state index in [-0.39, 0.29) is 32.3 Å². The van der Waals surface area contributed by atoms with Gasteiger partial charge in [0.25, 0.3) is 20.0 Å². The first-order chi connectivity index (χ1) is 22.5. The van der Waals surface area contributed by atoms with E-state index in [1.807, 2.05) is 24.3 Å². The molecule has 6 aromatic rings. The van der Waals surface area contributed by atoms with E-state index in [2.05, 4.69) is 0 Å². The van der Waals surface area contributed by atoms with Crippen molar-refractivity contribution in [2.45, 2.75) is 9.79 Å². The second kappa shape index (κ2) is 11.1. The number of anilines is 2. The molecule has 0 amide bonds. The summed E-state index contributed by atoms with van der Waals surface area (Å²) in [5.74, 6) is 0.724. The number of nitrogens with zero attached hydrogens (tertiary/aromatic N) is 2. The molecule has 0 unspecified atom stereocenters. The summed E-state index contributed by atoms with van der Waals surface area (Å²) in [5, 5.41) is 2.54. The van der Waals surface area contributed by atoms with Gasteiger partial charge in [0.1, 0.15) is 11.5 Å². The van der Waals surface area contributed by atoms with E-state index >= 15 is 4.57 Å². The molecule has 0 saturated carbocycles. The van der Waals surface area contributed by atoms with E-state index < -0.39 is 27.7 Å². The maximum absolute atomic E-state index is 15.2. The van der Waals surface area contributed by atoms with Crippen LogP contribution < -0.4 is 17.6 Å². The Kier molecular flexibility index (Phi) is 7.29. The average Bonchev–Trinajstić information content (AvgIpc) is 3.17. The minimum atomic E-state index is -5.65. The summed E-state index contributed by atoms with van der Waals surface area (Å²) in [4.78, 5) is 11.6. The maximum atomic E-state index is 15.2. The van der Waals surface area contributed by atoms with Crippen LogP contribution in [-0.4, -0.2) is 35.9 Å². The molecular formula is C34H27N2O8PS2. The summed E-state index contributed by atoms with van der Waals surface area (Å²) in [5.41, 5.74) is 0.258. The van der Waals surface area contributed by atoms with Crippen molar-refractivity contribution in [3.8, 4) is 22.6 Å². The van der Waals surface area contributed by atoms with Gasteiger partial charge in [0.15, 0.2) is 0 Å².